The Morgan fingerprint density at radius 1 is 1.17 bits per heavy atom. The highest BCUT2D eigenvalue weighted by Crippen LogP contribution is 2.19. The highest BCUT2D eigenvalue weighted by atomic mass is 19.4. The topological polar surface area (TPSA) is 46.6 Å². The van der Waals surface area contributed by atoms with Crippen molar-refractivity contribution >= 4 is 11.9 Å². The Balaban J connectivity index is 2.95. The summed E-state index contributed by atoms with van der Waals surface area (Å²) in [5, 5.41) is 0. The quantitative estimate of drug-likeness (QED) is 0.606. The molecule has 1 amide bonds. The van der Waals surface area contributed by atoms with Gasteiger partial charge in [-0.2, -0.15) is 13.2 Å². The predicted octanol–water partition coefficient (Wildman–Crippen LogP) is 3.47. The minimum Gasteiger partial charge on any atom is -0.449 e. The third kappa shape index (κ3) is 5.86. The van der Waals surface area contributed by atoms with Crippen LogP contribution in [-0.4, -0.2) is 35.6 Å². The van der Waals surface area contributed by atoms with E-state index >= 15 is 0 Å². The first-order chi connectivity index (χ1) is 11.0. The lowest BCUT2D eigenvalue weighted by Crippen LogP contribution is -2.45. The fourth-order valence-electron chi connectivity index (χ4n) is 2.06. The molecule has 0 saturated carbocycles. The summed E-state index contributed by atoms with van der Waals surface area (Å²) in [6, 6.07) is 6.97. The monoisotopic (exact) mass is 345 g/mol. The maximum atomic E-state index is 12.3. The average molecular weight is 345 g/mol. The maximum absolute atomic E-state index is 12.3. The van der Waals surface area contributed by atoms with Crippen molar-refractivity contribution in [2.45, 2.75) is 46.5 Å². The summed E-state index contributed by atoms with van der Waals surface area (Å²) >= 11 is 0. The van der Waals surface area contributed by atoms with E-state index < -0.39 is 24.7 Å². The van der Waals surface area contributed by atoms with Crippen LogP contribution in [0.5, 0.6) is 0 Å². The van der Waals surface area contributed by atoms with Gasteiger partial charge in [0.2, 0.25) is 0 Å². The zero-order chi connectivity index (χ0) is 18.5. The number of aryl methyl sites for hydroxylation is 1. The SMILES string of the molecule is Cc1ccccc1CN(C(=O)C(=O)OCC(F)(F)F)[C@@H](C)C(C)C. The molecular weight excluding hydrogens is 323 g/mol. The Hall–Kier alpha value is -2.05. The molecule has 1 atom stereocenters. The first-order valence-corrected chi connectivity index (χ1v) is 7.62. The Morgan fingerprint density at radius 2 is 1.75 bits per heavy atom. The standard InChI is InChI=1S/C17H22F3NO3/c1-11(2)13(4)21(9-14-8-6-5-7-12(14)3)15(22)16(23)24-10-17(18,19)20/h5-8,11,13H,9-10H2,1-4H3/t13-/m0/s1. The number of carbonyl (C=O) groups excluding carboxylic acids is 2. The summed E-state index contributed by atoms with van der Waals surface area (Å²) in [5.41, 5.74) is 1.75. The first-order valence-electron chi connectivity index (χ1n) is 7.62. The van der Waals surface area contributed by atoms with Gasteiger partial charge < -0.3 is 9.64 Å². The van der Waals surface area contributed by atoms with Crippen molar-refractivity contribution in [2.24, 2.45) is 5.92 Å². The molecule has 0 saturated heterocycles. The summed E-state index contributed by atoms with van der Waals surface area (Å²) in [6.07, 6.45) is -4.67. The number of rotatable bonds is 5. The number of amides is 1. The molecule has 0 N–H and O–H groups in total. The second-order valence-corrected chi connectivity index (χ2v) is 6.04. The molecule has 1 aromatic carbocycles. The summed E-state index contributed by atoms with van der Waals surface area (Å²) < 4.78 is 40.6. The third-order valence-corrected chi connectivity index (χ3v) is 3.86. The van der Waals surface area contributed by atoms with Crippen molar-refractivity contribution in [1.29, 1.82) is 0 Å². The Kier molecular flexibility index (Phi) is 6.81. The van der Waals surface area contributed by atoms with E-state index in [0.29, 0.717) is 0 Å². The van der Waals surface area contributed by atoms with Gasteiger partial charge in [-0.05, 0) is 30.9 Å². The lowest BCUT2D eigenvalue weighted by atomic mass is 10.0. The number of alkyl halides is 3. The van der Waals surface area contributed by atoms with E-state index in [1.165, 1.54) is 4.90 Å². The first kappa shape index (κ1) is 20.0. The minimum atomic E-state index is -4.67. The van der Waals surface area contributed by atoms with Gasteiger partial charge in [-0.25, -0.2) is 4.79 Å². The van der Waals surface area contributed by atoms with E-state index in [0.717, 1.165) is 11.1 Å². The van der Waals surface area contributed by atoms with Gasteiger partial charge >= 0.3 is 18.1 Å². The molecule has 7 heteroatoms. The number of nitrogens with zero attached hydrogens (tertiary/aromatic N) is 1. The number of hydrogen-bond acceptors (Lipinski definition) is 3. The predicted molar refractivity (Wildman–Crippen MR) is 83.0 cm³/mol. The summed E-state index contributed by atoms with van der Waals surface area (Å²) in [6.45, 7) is 5.70. The molecule has 0 aromatic heterocycles. The van der Waals surface area contributed by atoms with Crippen molar-refractivity contribution < 1.29 is 27.5 Å². The normalized spacial score (nSPS) is 12.8. The van der Waals surface area contributed by atoms with Crippen molar-refractivity contribution in [3.05, 3.63) is 35.4 Å². The van der Waals surface area contributed by atoms with Gasteiger partial charge in [0.1, 0.15) is 0 Å². The molecule has 24 heavy (non-hydrogen) atoms. The molecule has 0 spiro atoms. The number of esters is 1. The summed E-state index contributed by atoms with van der Waals surface area (Å²) in [4.78, 5) is 25.3. The molecule has 0 aliphatic rings. The van der Waals surface area contributed by atoms with E-state index in [1.807, 2.05) is 39.0 Å². The van der Waals surface area contributed by atoms with Crippen LogP contribution in [0.1, 0.15) is 31.9 Å². The second-order valence-electron chi connectivity index (χ2n) is 6.04. The summed E-state index contributed by atoms with van der Waals surface area (Å²) in [5.74, 6) is -2.54. The molecule has 4 nitrogen and oxygen atoms in total. The van der Waals surface area contributed by atoms with Gasteiger partial charge in [-0.3, -0.25) is 4.79 Å². The van der Waals surface area contributed by atoms with Crippen molar-refractivity contribution in [2.75, 3.05) is 6.61 Å². The van der Waals surface area contributed by atoms with Gasteiger partial charge in [0.25, 0.3) is 0 Å². The van der Waals surface area contributed by atoms with Crippen molar-refractivity contribution in [1.82, 2.24) is 4.90 Å². The molecule has 0 aliphatic carbocycles. The molecule has 0 aliphatic heterocycles. The third-order valence-electron chi connectivity index (χ3n) is 3.86. The Bertz CT molecular complexity index is 585. The van der Waals surface area contributed by atoms with Crippen LogP contribution in [0.2, 0.25) is 0 Å². The summed E-state index contributed by atoms with van der Waals surface area (Å²) in [7, 11) is 0. The lowest BCUT2D eigenvalue weighted by Gasteiger charge is -2.31. The number of benzene rings is 1. The van der Waals surface area contributed by atoms with Crippen LogP contribution in [0.4, 0.5) is 13.2 Å². The second kappa shape index (κ2) is 8.17. The highest BCUT2D eigenvalue weighted by molar-refractivity contribution is 6.32. The van der Waals surface area contributed by atoms with E-state index in [2.05, 4.69) is 4.74 Å². The van der Waals surface area contributed by atoms with E-state index in [-0.39, 0.29) is 18.5 Å². The Labute approximate surface area is 139 Å². The van der Waals surface area contributed by atoms with Crippen LogP contribution >= 0.6 is 0 Å². The zero-order valence-corrected chi connectivity index (χ0v) is 14.2. The van der Waals surface area contributed by atoms with Crippen LogP contribution < -0.4 is 0 Å². The van der Waals surface area contributed by atoms with Gasteiger partial charge in [-0.1, -0.05) is 38.1 Å². The van der Waals surface area contributed by atoms with Gasteiger partial charge in [0, 0.05) is 12.6 Å². The van der Waals surface area contributed by atoms with Crippen LogP contribution in [-0.2, 0) is 20.9 Å². The number of ether oxygens (including phenoxy) is 1. The number of hydrogen-bond donors (Lipinski definition) is 0. The Morgan fingerprint density at radius 3 is 2.25 bits per heavy atom. The largest absolute Gasteiger partial charge is 0.449 e. The highest BCUT2D eigenvalue weighted by Gasteiger charge is 2.34. The number of carbonyl (C=O) groups is 2. The lowest BCUT2D eigenvalue weighted by molar-refractivity contribution is -0.190. The molecule has 1 rings (SSSR count). The van der Waals surface area contributed by atoms with E-state index in [1.54, 1.807) is 13.0 Å². The smallest absolute Gasteiger partial charge is 0.422 e. The molecule has 0 radical (unpaired) electrons. The van der Waals surface area contributed by atoms with E-state index in [9.17, 15) is 22.8 Å². The number of halogens is 3. The molecule has 0 fully saturated rings. The van der Waals surface area contributed by atoms with Crippen molar-refractivity contribution in [3.63, 3.8) is 0 Å². The minimum absolute atomic E-state index is 0.0217. The fourth-order valence-corrected chi connectivity index (χ4v) is 2.06. The van der Waals surface area contributed by atoms with Crippen LogP contribution in [0, 0.1) is 12.8 Å². The van der Waals surface area contributed by atoms with Gasteiger partial charge in [-0.15, -0.1) is 0 Å². The molecule has 0 heterocycles. The van der Waals surface area contributed by atoms with Crippen LogP contribution in [0.15, 0.2) is 24.3 Å². The zero-order valence-electron chi connectivity index (χ0n) is 14.2. The molecule has 1 aromatic rings. The molecular formula is C17H22F3NO3. The van der Waals surface area contributed by atoms with Crippen LogP contribution in [0.3, 0.4) is 0 Å². The van der Waals surface area contributed by atoms with Crippen molar-refractivity contribution in [3.8, 4) is 0 Å². The van der Waals surface area contributed by atoms with Gasteiger partial charge in [0.05, 0.1) is 0 Å². The average Bonchev–Trinajstić information content (AvgIpc) is 2.49. The van der Waals surface area contributed by atoms with Crippen LogP contribution in [0.25, 0.3) is 0 Å². The molecule has 0 unspecified atom stereocenters. The molecule has 0 bridgehead atoms. The molecule has 134 valence electrons. The van der Waals surface area contributed by atoms with Gasteiger partial charge in [0.15, 0.2) is 6.61 Å². The fraction of sp³-hybridized carbons (Fsp3) is 0.529. The maximum Gasteiger partial charge on any atom is 0.422 e. The van der Waals surface area contributed by atoms with E-state index in [4.69, 9.17) is 0 Å².